The first kappa shape index (κ1) is 12.0. The molecule has 0 N–H and O–H groups in total. The van der Waals surface area contributed by atoms with Crippen molar-refractivity contribution in [1.29, 1.82) is 0 Å². The van der Waals surface area contributed by atoms with Crippen LogP contribution in [0.4, 0.5) is 0 Å². The average molecular weight is 237 g/mol. The third-order valence-electron chi connectivity index (χ3n) is 3.30. The molecule has 94 valence electrons. The second kappa shape index (κ2) is 4.83. The second-order valence-electron chi connectivity index (χ2n) is 4.76. The van der Waals surface area contributed by atoms with E-state index in [-0.39, 0.29) is 5.91 Å². The Labute approximate surface area is 101 Å². The molecule has 1 fully saturated rings. The van der Waals surface area contributed by atoms with Gasteiger partial charge in [-0.2, -0.15) is 0 Å². The van der Waals surface area contributed by atoms with Crippen LogP contribution in [0.15, 0.2) is 6.20 Å². The van der Waals surface area contributed by atoms with Crippen molar-refractivity contribution in [1.82, 2.24) is 24.8 Å². The highest BCUT2D eigenvalue weighted by Crippen LogP contribution is 2.15. The van der Waals surface area contributed by atoms with Crippen molar-refractivity contribution in [2.75, 3.05) is 27.2 Å². The van der Waals surface area contributed by atoms with Crippen LogP contribution < -0.4 is 0 Å². The molecule has 0 aliphatic carbocycles. The molecule has 0 unspecified atom stereocenters. The van der Waals surface area contributed by atoms with Crippen LogP contribution in [0.25, 0.3) is 0 Å². The molecular formula is C11H19N5O. The van der Waals surface area contributed by atoms with Gasteiger partial charge in [-0.3, -0.25) is 9.48 Å². The van der Waals surface area contributed by atoms with Gasteiger partial charge in [-0.15, -0.1) is 5.10 Å². The van der Waals surface area contributed by atoms with Gasteiger partial charge in [0.25, 0.3) is 5.91 Å². The summed E-state index contributed by atoms with van der Waals surface area (Å²) in [5, 5.41) is 7.64. The summed E-state index contributed by atoms with van der Waals surface area (Å²) in [5.74, 6) is -0.00435. The van der Waals surface area contributed by atoms with E-state index < -0.39 is 0 Å². The van der Waals surface area contributed by atoms with E-state index in [2.05, 4.69) is 29.3 Å². The number of aromatic nitrogens is 3. The molecule has 0 atom stereocenters. The molecule has 2 heterocycles. The van der Waals surface area contributed by atoms with Crippen molar-refractivity contribution >= 4 is 5.91 Å². The molecule has 0 bridgehead atoms. The van der Waals surface area contributed by atoms with E-state index in [1.165, 1.54) is 0 Å². The van der Waals surface area contributed by atoms with Crippen LogP contribution in [0.5, 0.6) is 0 Å². The van der Waals surface area contributed by atoms with Crippen molar-refractivity contribution in [3.63, 3.8) is 0 Å². The minimum atomic E-state index is -0.00435. The summed E-state index contributed by atoms with van der Waals surface area (Å²) >= 11 is 0. The summed E-state index contributed by atoms with van der Waals surface area (Å²) in [7, 11) is 5.94. The lowest BCUT2D eigenvalue weighted by molar-refractivity contribution is 0.0657. The number of amides is 1. The molecule has 1 amide bonds. The molecule has 0 saturated carbocycles. The fourth-order valence-corrected chi connectivity index (χ4v) is 2.19. The second-order valence-corrected chi connectivity index (χ2v) is 4.76. The number of carbonyl (C=O) groups is 1. The van der Waals surface area contributed by atoms with Crippen molar-refractivity contribution in [3.05, 3.63) is 11.9 Å². The van der Waals surface area contributed by atoms with Crippen LogP contribution in [0.3, 0.4) is 0 Å². The average Bonchev–Trinajstić information content (AvgIpc) is 2.75. The Morgan fingerprint density at radius 1 is 1.41 bits per heavy atom. The van der Waals surface area contributed by atoms with E-state index in [1.54, 1.807) is 17.9 Å². The topological polar surface area (TPSA) is 54.3 Å². The highest BCUT2D eigenvalue weighted by atomic mass is 16.2. The van der Waals surface area contributed by atoms with Crippen molar-refractivity contribution in [2.45, 2.75) is 18.9 Å². The molecule has 6 nitrogen and oxygen atoms in total. The number of nitrogens with zero attached hydrogens (tertiary/aromatic N) is 5. The highest BCUT2D eigenvalue weighted by molar-refractivity contribution is 5.91. The van der Waals surface area contributed by atoms with Crippen LogP contribution in [-0.2, 0) is 7.05 Å². The first-order valence-electron chi connectivity index (χ1n) is 5.90. The maximum Gasteiger partial charge on any atom is 0.276 e. The molecule has 0 spiro atoms. The number of hydrogen-bond acceptors (Lipinski definition) is 4. The highest BCUT2D eigenvalue weighted by Gasteiger charge is 2.25. The quantitative estimate of drug-likeness (QED) is 0.725. The molecule has 6 heteroatoms. The van der Waals surface area contributed by atoms with Crippen molar-refractivity contribution in [2.24, 2.45) is 7.05 Å². The lowest BCUT2D eigenvalue weighted by Gasteiger charge is -2.34. The maximum atomic E-state index is 12.1. The predicted molar refractivity (Wildman–Crippen MR) is 63.6 cm³/mol. The van der Waals surface area contributed by atoms with Crippen molar-refractivity contribution in [3.8, 4) is 0 Å². The summed E-state index contributed by atoms with van der Waals surface area (Å²) in [5.41, 5.74) is 0.441. The van der Waals surface area contributed by atoms with Gasteiger partial charge in [-0.05, 0) is 26.9 Å². The smallest absolute Gasteiger partial charge is 0.276 e. The maximum absolute atomic E-state index is 12.1. The normalized spacial score (nSPS) is 17.8. The largest absolute Gasteiger partial charge is 0.337 e. The number of piperidine rings is 1. The zero-order valence-electron chi connectivity index (χ0n) is 10.6. The van der Waals surface area contributed by atoms with Gasteiger partial charge in [0.1, 0.15) is 0 Å². The van der Waals surface area contributed by atoms with E-state index in [4.69, 9.17) is 0 Å². The molecule has 1 saturated heterocycles. The van der Waals surface area contributed by atoms with Gasteiger partial charge in [0.2, 0.25) is 0 Å². The summed E-state index contributed by atoms with van der Waals surface area (Å²) in [6.07, 6.45) is 3.72. The van der Waals surface area contributed by atoms with Crippen LogP contribution in [0.1, 0.15) is 23.3 Å². The zero-order valence-corrected chi connectivity index (χ0v) is 10.6. The summed E-state index contributed by atoms with van der Waals surface area (Å²) in [6.45, 7) is 1.61. The number of carbonyl (C=O) groups excluding carboxylic acids is 1. The van der Waals surface area contributed by atoms with Crippen molar-refractivity contribution < 1.29 is 4.79 Å². The zero-order chi connectivity index (χ0) is 12.4. The Balaban J connectivity index is 1.95. The molecule has 1 aliphatic rings. The third-order valence-corrected chi connectivity index (χ3v) is 3.30. The molecule has 0 aromatic carbocycles. The molecule has 17 heavy (non-hydrogen) atoms. The van der Waals surface area contributed by atoms with Crippen LogP contribution in [0, 0.1) is 0 Å². The minimum absolute atomic E-state index is 0.00435. The van der Waals surface area contributed by atoms with E-state index in [1.807, 2.05) is 4.90 Å². The molecular weight excluding hydrogens is 218 g/mol. The summed E-state index contributed by atoms with van der Waals surface area (Å²) < 4.78 is 1.56. The van der Waals surface area contributed by atoms with Crippen LogP contribution >= 0.6 is 0 Å². The monoisotopic (exact) mass is 237 g/mol. The molecule has 1 aliphatic heterocycles. The Hall–Kier alpha value is -1.43. The number of aryl methyl sites for hydroxylation is 1. The van der Waals surface area contributed by atoms with Gasteiger partial charge < -0.3 is 9.80 Å². The van der Waals surface area contributed by atoms with Gasteiger partial charge in [-0.25, -0.2) is 0 Å². The lowest BCUT2D eigenvalue weighted by atomic mass is 10.0. The third kappa shape index (κ3) is 2.63. The number of hydrogen-bond donors (Lipinski definition) is 0. The molecule has 1 aromatic heterocycles. The minimum Gasteiger partial charge on any atom is -0.337 e. The Morgan fingerprint density at radius 2 is 2.06 bits per heavy atom. The first-order valence-corrected chi connectivity index (χ1v) is 5.90. The number of likely N-dealkylation sites (tertiary alicyclic amines) is 1. The fraction of sp³-hybridized carbons (Fsp3) is 0.727. The standard InChI is InChI=1S/C11H19N5O/c1-14(2)9-4-6-16(7-5-9)11(17)10-8-15(3)13-12-10/h8-9H,4-7H2,1-3H3. The molecule has 1 aromatic rings. The van der Waals surface area contributed by atoms with Crippen LogP contribution in [-0.4, -0.2) is 63.9 Å². The van der Waals surface area contributed by atoms with E-state index in [0.29, 0.717) is 11.7 Å². The van der Waals surface area contributed by atoms with E-state index >= 15 is 0 Å². The fourth-order valence-electron chi connectivity index (χ4n) is 2.19. The first-order chi connectivity index (χ1) is 8.08. The van der Waals surface area contributed by atoms with Gasteiger partial charge in [-0.1, -0.05) is 5.21 Å². The predicted octanol–water partition coefficient (Wildman–Crippen LogP) is -0.0187. The van der Waals surface area contributed by atoms with Gasteiger partial charge in [0.15, 0.2) is 5.69 Å². The lowest BCUT2D eigenvalue weighted by Crippen LogP contribution is -2.44. The van der Waals surface area contributed by atoms with Gasteiger partial charge >= 0.3 is 0 Å². The Bertz CT molecular complexity index is 392. The SMILES string of the molecule is CN(C)C1CCN(C(=O)c2cn(C)nn2)CC1. The number of rotatable bonds is 2. The summed E-state index contributed by atoms with van der Waals surface area (Å²) in [4.78, 5) is 16.2. The van der Waals surface area contributed by atoms with Gasteiger partial charge in [0, 0.05) is 26.2 Å². The Morgan fingerprint density at radius 3 is 2.53 bits per heavy atom. The molecule has 2 rings (SSSR count). The van der Waals surface area contributed by atoms with Crippen LogP contribution in [0.2, 0.25) is 0 Å². The van der Waals surface area contributed by atoms with E-state index in [0.717, 1.165) is 25.9 Å². The van der Waals surface area contributed by atoms with E-state index in [9.17, 15) is 4.79 Å². The Kier molecular flexibility index (Phi) is 3.42. The summed E-state index contributed by atoms with van der Waals surface area (Å²) in [6, 6.07) is 0.584. The molecule has 0 radical (unpaired) electrons. The van der Waals surface area contributed by atoms with Gasteiger partial charge in [0.05, 0.1) is 6.20 Å².